The fraction of sp³-hybridized carbons (Fsp3) is 0.167. The molecule has 1 aliphatic heterocycles. The van der Waals surface area contributed by atoms with E-state index >= 15 is 0 Å². The molecular formula is C18H16N4O3. The lowest BCUT2D eigenvalue weighted by Crippen LogP contribution is -2.43. The number of fused-ring (bicyclic) bond motifs is 1. The molecule has 1 amide bonds. The first kappa shape index (κ1) is 15.2. The maximum Gasteiger partial charge on any atom is 0.264 e. The topological polar surface area (TPSA) is 78.3 Å². The molecule has 0 saturated heterocycles. The van der Waals surface area contributed by atoms with E-state index in [0.717, 1.165) is 11.4 Å². The summed E-state index contributed by atoms with van der Waals surface area (Å²) in [6.07, 6.45) is 4.57. The number of nitrogens with one attached hydrogen (secondary N) is 1. The van der Waals surface area contributed by atoms with E-state index in [1.165, 1.54) is 0 Å². The highest BCUT2D eigenvalue weighted by Crippen LogP contribution is 2.30. The van der Waals surface area contributed by atoms with E-state index in [4.69, 9.17) is 9.47 Å². The minimum absolute atomic E-state index is 0.194. The Kier molecular flexibility index (Phi) is 4.04. The van der Waals surface area contributed by atoms with Crippen molar-refractivity contribution >= 4 is 5.91 Å². The number of nitrogens with zero attached hydrogens (tertiary/aromatic N) is 3. The molecule has 3 aromatic rings. The van der Waals surface area contributed by atoms with E-state index in [9.17, 15) is 4.79 Å². The van der Waals surface area contributed by atoms with Crippen LogP contribution >= 0.6 is 0 Å². The van der Waals surface area contributed by atoms with Crippen LogP contribution in [-0.4, -0.2) is 33.4 Å². The van der Waals surface area contributed by atoms with Crippen molar-refractivity contribution in [1.82, 2.24) is 20.1 Å². The first-order chi connectivity index (χ1) is 12.3. The predicted molar refractivity (Wildman–Crippen MR) is 89.6 cm³/mol. The molecule has 0 fully saturated rings. The van der Waals surface area contributed by atoms with Gasteiger partial charge in [-0.3, -0.25) is 4.79 Å². The average Bonchev–Trinajstić information content (AvgIpc) is 3.21. The number of para-hydroxylation sites is 2. The van der Waals surface area contributed by atoms with Crippen LogP contribution in [0.1, 0.15) is 5.56 Å². The number of ether oxygens (including phenoxy) is 2. The Labute approximate surface area is 144 Å². The van der Waals surface area contributed by atoms with Crippen LogP contribution in [0.5, 0.6) is 11.5 Å². The summed E-state index contributed by atoms with van der Waals surface area (Å²) in [5.41, 5.74) is 0.890. The lowest BCUT2D eigenvalue weighted by atomic mass is 10.2. The lowest BCUT2D eigenvalue weighted by molar-refractivity contribution is -0.130. The van der Waals surface area contributed by atoms with Gasteiger partial charge in [-0.2, -0.15) is 5.10 Å². The standard InChI is InChI=1S/C18H16N4O3/c23-18(16-12-24-14-4-1-2-5-15(14)25-16)20-11-13-6-7-17(19-10-13)22-9-3-8-21-22/h1-10,16H,11-12H2,(H,20,23). The van der Waals surface area contributed by atoms with E-state index < -0.39 is 6.10 Å². The number of pyridine rings is 1. The minimum Gasteiger partial charge on any atom is -0.485 e. The van der Waals surface area contributed by atoms with Crippen LogP contribution in [0.3, 0.4) is 0 Å². The molecule has 0 bridgehead atoms. The Morgan fingerprint density at radius 1 is 1.20 bits per heavy atom. The summed E-state index contributed by atoms with van der Waals surface area (Å²) < 4.78 is 12.9. The second-order valence-corrected chi connectivity index (χ2v) is 5.56. The molecule has 25 heavy (non-hydrogen) atoms. The van der Waals surface area contributed by atoms with Crippen LogP contribution in [0.2, 0.25) is 0 Å². The Balaban J connectivity index is 1.35. The van der Waals surface area contributed by atoms with Crippen molar-refractivity contribution in [2.45, 2.75) is 12.6 Å². The van der Waals surface area contributed by atoms with Crippen molar-refractivity contribution in [3.63, 3.8) is 0 Å². The van der Waals surface area contributed by atoms with Crippen LogP contribution in [0.15, 0.2) is 61.1 Å². The molecule has 4 rings (SSSR count). The van der Waals surface area contributed by atoms with Gasteiger partial charge in [0.2, 0.25) is 6.10 Å². The molecule has 0 spiro atoms. The molecular weight excluding hydrogens is 320 g/mol. The summed E-state index contributed by atoms with van der Waals surface area (Å²) >= 11 is 0. The molecule has 7 heteroatoms. The molecule has 0 saturated carbocycles. The monoisotopic (exact) mass is 336 g/mol. The van der Waals surface area contributed by atoms with Crippen LogP contribution < -0.4 is 14.8 Å². The number of aromatic nitrogens is 3. The van der Waals surface area contributed by atoms with Crippen molar-refractivity contribution in [3.8, 4) is 17.3 Å². The Morgan fingerprint density at radius 3 is 2.84 bits per heavy atom. The Hall–Kier alpha value is -3.35. The van der Waals surface area contributed by atoms with Gasteiger partial charge in [-0.05, 0) is 29.8 Å². The van der Waals surface area contributed by atoms with Crippen LogP contribution in [-0.2, 0) is 11.3 Å². The normalized spacial score (nSPS) is 15.6. The molecule has 1 N–H and O–H groups in total. The third-order valence-corrected chi connectivity index (χ3v) is 3.82. The lowest BCUT2D eigenvalue weighted by Gasteiger charge is -2.25. The fourth-order valence-corrected chi connectivity index (χ4v) is 2.51. The van der Waals surface area contributed by atoms with Crippen molar-refractivity contribution in [1.29, 1.82) is 0 Å². The first-order valence-electron chi connectivity index (χ1n) is 7.91. The number of hydrogen-bond acceptors (Lipinski definition) is 5. The second kappa shape index (κ2) is 6.64. The van der Waals surface area contributed by atoms with Gasteiger partial charge in [-0.15, -0.1) is 0 Å². The molecule has 3 heterocycles. The smallest absolute Gasteiger partial charge is 0.264 e. The number of carbonyl (C=O) groups is 1. The highest BCUT2D eigenvalue weighted by atomic mass is 16.6. The fourth-order valence-electron chi connectivity index (χ4n) is 2.51. The van der Waals surface area contributed by atoms with Gasteiger partial charge < -0.3 is 14.8 Å². The molecule has 126 valence electrons. The van der Waals surface area contributed by atoms with Crippen LogP contribution in [0.25, 0.3) is 5.82 Å². The minimum atomic E-state index is -0.661. The maximum absolute atomic E-state index is 12.3. The number of amides is 1. The second-order valence-electron chi connectivity index (χ2n) is 5.56. The molecule has 7 nitrogen and oxygen atoms in total. The van der Waals surface area contributed by atoms with Crippen molar-refractivity contribution in [2.75, 3.05) is 6.61 Å². The number of carbonyl (C=O) groups excluding carboxylic acids is 1. The zero-order chi connectivity index (χ0) is 17.1. The number of hydrogen-bond donors (Lipinski definition) is 1. The molecule has 0 radical (unpaired) electrons. The van der Waals surface area contributed by atoms with Crippen LogP contribution in [0, 0.1) is 0 Å². The van der Waals surface area contributed by atoms with E-state index in [-0.39, 0.29) is 12.5 Å². The largest absolute Gasteiger partial charge is 0.485 e. The van der Waals surface area contributed by atoms with Gasteiger partial charge in [-0.1, -0.05) is 18.2 Å². The van der Waals surface area contributed by atoms with Gasteiger partial charge in [0, 0.05) is 25.1 Å². The molecule has 0 aliphatic carbocycles. The van der Waals surface area contributed by atoms with Gasteiger partial charge in [0.05, 0.1) is 0 Å². The summed E-state index contributed by atoms with van der Waals surface area (Å²) in [6.45, 7) is 0.562. The maximum atomic E-state index is 12.3. The molecule has 1 atom stereocenters. The van der Waals surface area contributed by atoms with Gasteiger partial charge in [0.25, 0.3) is 5.91 Å². The highest BCUT2D eigenvalue weighted by molar-refractivity contribution is 5.81. The van der Waals surface area contributed by atoms with Gasteiger partial charge in [0.1, 0.15) is 6.61 Å². The van der Waals surface area contributed by atoms with Gasteiger partial charge in [-0.25, -0.2) is 9.67 Å². The average molecular weight is 336 g/mol. The summed E-state index contributed by atoms with van der Waals surface area (Å²) in [4.78, 5) is 16.6. The number of rotatable bonds is 4. The predicted octanol–water partition coefficient (Wildman–Crippen LogP) is 1.72. The van der Waals surface area contributed by atoms with Gasteiger partial charge in [0.15, 0.2) is 17.3 Å². The summed E-state index contributed by atoms with van der Waals surface area (Å²) in [5.74, 6) is 1.75. The van der Waals surface area contributed by atoms with Crippen molar-refractivity contribution < 1.29 is 14.3 Å². The summed E-state index contributed by atoms with van der Waals surface area (Å²) in [7, 11) is 0. The zero-order valence-corrected chi connectivity index (χ0v) is 13.3. The summed E-state index contributed by atoms with van der Waals surface area (Å²) in [5, 5.41) is 6.97. The van der Waals surface area contributed by atoms with E-state index in [1.807, 2.05) is 42.6 Å². The van der Waals surface area contributed by atoms with E-state index in [1.54, 1.807) is 23.1 Å². The SMILES string of the molecule is O=C(NCc1ccc(-n2cccn2)nc1)C1COc2ccccc2O1. The zero-order valence-electron chi connectivity index (χ0n) is 13.3. The Bertz CT molecular complexity index is 862. The van der Waals surface area contributed by atoms with Gasteiger partial charge >= 0.3 is 0 Å². The van der Waals surface area contributed by atoms with Crippen molar-refractivity contribution in [2.24, 2.45) is 0 Å². The van der Waals surface area contributed by atoms with E-state index in [0.29, 0.717) is 18.0 Å². The molecule has 2 aromatic heterocycles. The third kappa shape index (κ3) is 3.30. The quantitative estimate of drug-likeness (QED) is 0.785. The third-order valence-electron chi connectivity index (χ3n) is 3.82. The molecule has 1 unspecified atom stereocenters. The first-order valence-corrected chi connectivity index (χ1v) is 7.91. The van der Waals surface area contributed by atoms with Crippen molar-refractivity contribution in [3.05, 3.63) is 66.6 Å². The molecule has 1 aromatic carbocycles. The number of benzene rings is 1. The molecule has 1 aliphatic rings. The van der Waals surface area contributed by atoms with Crippen LogP contribution in [0.4, 0.5) is 0 Å². The highest BCUT2D eigenvalue weighted by Gasteiger charge is 2.26. The summed E-state index contributed by atoms with van der Waals surface area (Å²) in [6, 6.07) is 12.9. The Morgan fingerprint density at radius 2 is 2.08 bits per heavy atom. The van der Waals surface area contributed by atoms with E-state index in [2.05, 4.69) is 15.4 Å².